The number of aliphatic hydroxyl groups is 1. The average Bonchev–Trinajstić information content (AvgIpc) is 3.10. The first-order chi connectivity index (χ1) is 16.7. The second kappa shape index (κ2) is 11.2. The molecule has 0 radical (unpaired) electrons. The summed E-state index contributed by atoms with van der Waals surface area (Å²) in [5.74, 6) is -1.47. The van der Waals surface area contributed by atoms with Gasteiger partial charge in [0.2, 0.25) is 5.75 Å². The predicted octanol–water partition coefficient (Wildman–Crippen LogP) is 4.09. The molecule has 35 heavy (non-hydrogen) atoms. The number of likely N-dealkylation sites (tertiary alicyclic amines) is 1. The van der Waals surface area contributed by atoms with E-state index < -0.39 is 29.3 Å². The van der Waals surface area contributed by atoms with E-state index in [9.17, 15) is 19.1 Å². The summed E-state index contributed by atoms with van der Waals surface area (Å²) < 4.78 is 35.3. The van der Waals surface area contributed by atoms with E-state index in [-0.39, 0.29) is 23.8 Å². The normalized spacial score (nSPS) is 17.2. The van der Waals surface area contributed by atoms with Crippen molar-refractivity contribution in [3.05, 3.63) is 58.9 Å². The van der Waals surface area contributed by atoms with Gasteiger partial charge in [-0.2, -0.15) is 0 Å². The standard InChI is InChI=1S/C26H30FNO7/c1-15(2)35-12-6-11-28-22(17-13-19(32-3)25(34-5)20(14-17)33-4)21(24(30)26(28)31)23(29)16-7-9-18(27)10-8-16/h7-10,13-15,22,29H,6,11-12H2,1-5H3/b23-21+. The van der Waals surface area contributed by atoms with E-state index in [2.05, 4.69) is 0 Å². The number of hydrogen-bond donors (Lipinski definition) is 1. The molecule has 3 rings (SSSR count). The Labute approximate surface area is 203 Å². The maximum atomic E-state index is 13.5. The van der Waals surface area contributed by atoms with E-state index in [1.54, 1.807) is 12.1 Å². The molecule has 0 aromatic heterocycles. The number of ketones is 1. The van der Waals surface area contributed by atoms with Crippen molar-refractivity contribution in [1.29, 1.82) is 0 Å². The minimum absolute atomic E-state index is 0.0230. The molecule has 2 aromatic carbocycles. The molecule has 0 aliphatic carbocycles. The SMILES string of the molecule is COc1cc(C2/C(=C(\O)c3ccc(F)cc3)C(=O)C(=O)N2CCCOC(C)C)cc(OC)c1OC. The van der Waals surface area contributed by atoms with Crippen LogP contribution in [0, 0.1) is 5.82 Å². The number of amides is 1. The van der Waals surface area contributed by atoms with Gasteiger partial charge in [-0.25, -0.2) is 4.39 Å². The summed E-state index contributed by atoms with van der Waals surface area (Å²) in [6.45, 7) is 4.41. The Bertz CT molecular complexity index is 1090. The summed E-state index contributed by atoms with van der Waals surface area (Å²) in [4.78, 5) is 27.6. The van der Waals surface area contributed by atoms with Crippen molar-refractivity contribution < 1.29 is 38.0 Å². The zero-order chi connectivity index (χ0) is 25.7. The first-order valence-corrected chi connectivity index (χ1v) is 11.2. The molecule has 1 unspecified atom stereocenters. The van der Waals surface area contributed by atoms with Crippen molar-refractivity contribution in [2.45, 2.75) is 32.4 Å². The van der Waals surface area contributed by atoms with Crippen LogP contribution in [0.2, 0.25) is 0 Å². The lowest BCUT2D eigenvalue weighted by Crippen LogP contribution is -2.31. The number of benzene rings is 2. The van der Waals surface area contributed by atoms with Crippen LogP contribution in [0.1, 0.15) is 37.4 Å². The lowest BCUT2D eigenvalue weighted by Gasteiger charge is -2.26. The molecule has 8 nitrogen and oxygen atoms in total. The molecule has 0 bridgehead atoms. The Morgan fingerprint density at radius 3 is 2.14 bits per heavy atom. The average molecular weight is 488 g/mol. The van der Waals surface area contributed by atoms with Crippen molar-refractivity contribution in [2.24, 2.45) is 0 Å². The fraction of sp³-hybridized carbons (Fsp3) is 0.385. The van der Waals surface area contributed by atoms with Gasteiger partial charge in [-0.05, 0) is 62.2 Å². The van der Waals surface area contributed by atoms with Crippen LogP contribution in [0.15, 0.2) is 42.0 Å². The van der Waals surface area contributed by atoms with Crippen molar-refractivity contribution >= 4 is 17.4 Å². The third-order valence-electron chi connectivity index (χ3n) is 5.65. The van der Waals surface area contributed by atoms with Crippen LogP contribution >= 0.6 is 0 Å². The van der Waals surface area contributed by atoms with Gasteiger partial charge in [0.05, 0.1) is 39.0 Å². The van der Waals surface area contributed by atoms with E-state index in [4.69, 9.17) is 18.9 Å². The number of carbonyl (C=O) groups is 2. The molecule has 1 N–H and O–H groups in total. The molecule has 1 heterocycles. The molecule has 0 saturated carbocycles. The number of rotatable bonds is 10. The van der Waals surface area contributed by atoms with Crippen LogP contribution in [0.5, 0.6) is 17.2 Å². The first kappa shape index (κ1) is 26.0. The Morgan fingerprint density at radius 1 is 1.03 bits per heavy atom. The molecule has 1 amide bonds. The van der Waals surface area contributed by atoms with Crippen LogP contribution < -0.4 is 14.2 Å². The summed E-state index contributed by atoms with van der Waals surface area (Å²) in [5.41, 5.74) is 0.581. The molecule has 1 aliphatic heterocycles. The van der Waals surface area contributed by atoms with E-state index >= 15 is 0 Å². The Balaban J connectivity index is 2.16. The fourth-order valence-corrected chi connectivity index (χ4v) is 4.03. The number of methoxy groups -OCH3 is 3. The first-order valence-electron chi connectivity index (χ1n) is 11.2. The lowest BCUT2D eigenvalue weighted by atomic mass is 9.94. The minimum Gasteiger partial charge on any atom is -0.507 e. The third kappa shape index (κ3) is 5.40. The van der Waals surface area contributed by atoms with Crippen LogP contribution in [-0.2, 0) is 14.3 Å². The van der Waals surface area contributed by atoms with Gasteiger partial charge in [0.1, 0.15) is 11.6 Å². The van der Waals surface area contributed by atoms with Gasteiger partial charge in [0.25, 0.3) is 11.7 Å². The summed E-state index contributed by atoms with van der Waals surface area (Å²) in [7, 11) is 4.38. The number of hydrogen-bond acceptors (Lipinski definition) is 7. The van der Waals surface area contributed by atoms with Gasteiger partial charge in [-0.15, -0.1) is 0 Å². The smallest absolute Gasteiger partial charge is 0.295 e. The summed E-state index contributed by atoms with van der Waals surface area (Å²) >= 11 is 0. The highest BCUT2D eigenvalue weighted by Gasteiger charge is 2.46. The Hall–Kier alpha value is -3.59. The molecule has 9 heteroatoms. The zero-order valence-electron chi connectivity index (χ0n) is 20.5. The molecule has 1 saturated heterocycles. The maximum absolute atomic E-state index is 13.5. The van der Waals surface area contributed by atoms with E-state index in [1.165, 1.54) is 50.5 Å². The number of halogens is 1. The Kier molecular flexibility index (Phi) is 8.34. The number of Topliss-reactive ketones (excluding diaryl/α,β-unsaturated/α-hetero) is 1. The summed E-state index contributed by atoms with van der Waals surface area (Å²) in [5, 5.41) is 11.1. The van der Waals surface area contributed by atoms with Gasteiger partial charge in [0.15, 0.2) is 11.5 Å². The van der Waals surface area contributed by atoms with Crippen LogP contribution in [-0.4, -0.2) is 62.3 Å². The van der Waals surface area contributed by atoms with Crippen molar-refractivity contribution in [1.82, 2.24) is 4.90 Å². The highest BCUT2D eigenvalue weighted by Crippen LogP contribution is 2.45. The van der Waals surface area contributed by atoms with Gasteiger partial charge in [-0.1, -0.05) is 0 Å². The fourth-order valence-electron chi connectivity index (χ4n) is 4.03. The molecular weight excluding hydrogens is 457 g/mol. The van der Waals surface area contributed by atoms with E-state index in [0.717, 1.165) is 0 Å². The van der Waals surface area contributed by atoms with E-state index in [1.807, 2.05) is 13.8 Å². The van der Waals surface area contributed by atoms with Crippen molar-refractivity contribution in [3.63, 3.8) is 0 Å². The van der Waals surface area contributed by atoms with Crippen LogP contribution in [0.3, 0.4) is 0 Å². The molecule has 1 fully saturated rings. The molecule has 0 spiro atoms. The second-order valence-electron chi connectivity index (χ2n) is 8.23. The molecule has 1 atom stereocenters. The van der Waals surface area contributed by atoms with Gasteiger partial charge in [0, 0.05) is 18.7 Å². The van der Waals surface area contributed by atoms with Crippen LogP contribution in [0.25, 0.3) is 5.76 Å². The second-order valence-corrected chi connectivity index (χ2v) is 8.23. The molecule has 2 aromatic rings. The quantitative estimate of drug-likeness (QED) is 0.233. The Morgan fingerprint density at radius 2 is 1.63 bits per heavy atom. The third-order valence-corrected chi connectivity index (χ3v) is 5.65. The molecule has 1 aliphatic rings. The van der Waals surface area contributed by atoms with E-state index in [0.29, 0.717) is 35.8 Å². The zero-order valence-corrected chi connectivity index (χ0v) is 20.5. The summed E-state index contributed by atoms with van der Waals surface area (Å²) in [6.07, 6.45) is 0.498. The molecular formula is C26H30FNO7. The number of carbonyl (C=O) groups excluding carboxylic acids is 2. The molecule has 188 valence electrons. The van der Waals surface area contributed by atoms with Gasteiger partial charge in [-0.3, -0.25) is 9.59 Å². The topological polar surface area (TPSA) is 94.5 Å². The highest BCUT2D eigenvalue weighted by molar-refractivity contribution is 6.46. The number of aliphatic hydroxyl groups excluding tert-OH is 1. The van der Waals surface area contributed by atoms with Gasteiger partial charge >= 0.3 is 0 Å². The monoisotopic (exact) mass is 487 g/mol. The van der Waals surface area contributed by atoms with Crippen molar-refractivity contribution in [3.8, 4) is 17.2 Å². The number of ether oxygens (including phenoxy) is 4. The minimum atomic E-state index is -0.937. The maximum Gasteiger partial charge on any atom is 0.295 e. The summed E-state index contributed by atoms with van der Waals surface area (Å²) in [6, 6.07) is 7.36. The largest absolute Gasteiger partial charge is 0.507 e. The predicted molar refractivity (Wildman–Crippen MR) is 127 cm³/mol. The number of nitrogens with zero attached hydrogens (tertiary/aromatic N) is 1. The van der Waals surface area contributed by atoms with Crippen molar-refractivity contribution in [2.75, 3.05) is 34.5 Å². The highest BCUT2D eigenvalue weighted by atomic mass is 19.1. The lowest BCUT2D eigenvalue weighted by molar-refractivity contribution is -0.140. The van der Waals surface area contributed by atoms with Gasteiger partial charge < -0.3 is 29.0 Å². The van der Waals surface area contributed by atoms with Crippen LogP contribution in [0.4, 0.5) is 4.39 Å².